The molecule has 5 fully saturated rings. The molecule has 8 rings (SSSR count). The number of likely N-dealkylation sites (tertiary alicyclic amines) is 1. The molecule has 2 heterocycles. The largest absolute Gasteiger partial charge is 0.504 e. The minimum absolute atomic E-state index is 0.0129. The van der Waals surface area contributed by atoms with Crippen LogP contribution in [0.1, 0.15) is 77.3 Å². The Labute approximate surface area is 206 Å². The lowest BCUT2D eigenvalue weighted by molar-refractivity contribution is -0.312. The Bertz CT molecular complexity index is 1100. The number of nitrogens with zero attached hydrogens (tertiary/aromatic N) is 1. The van der Waals surface area contributed by atoms with E-state index in [-0.39, 0.29) is 28.3 Å². The molecule has 0 aromatic heterocycles. The van der Waals surface area contributed by atoms with Gasteiger partial charge in [-0.3, -0.25) is 4.90 Å². The Morgan fingerprint density at radius 2 is 2.03 bits per heavy atom. The molecule has 1 aromatic rings. The molecule has 0 radical (unpaired) electrons. The predicted molar refractivity (Wildman–Crippen MR) is 130 cm³/mol. The number of ether oxygens (including phenoxy) is 2. The van der Waals surface area contributed by atoms with Gasteiger partial charge in [-0.2, -0.15) is 0 Å². The fraction of sp³-hybridized carbons (Fsp3) is 0.793. The van der Waals surface area contributed by atoms with Crippen LogP contribution in [0, 0.1) is 22.7 Å². The fourth-order valence-corrected chi connectivity index (χ4v) is 9.56. The molecule has 2 spiro atoms. The number of hydrogen-bond donors (Lipinski definition) is 2. The monoisotopic (exact) mass is 469 g/mol. The van der Waals surface area contributed by atoms with E-state index < -0.39 is 11.2 Å². The van der Waals surface area contributed by atoms with Gasteiger partial charge >= 0.3 is 0 Å². The zero-order chi connectivity index (χ0) is 25.3. The summed E-state index contributed by atoms with van der Waals surface area (Å²) in [5, 5.41) is 10.9. The molecule has 4 bridgehead atoms. The first kappa shape index (κ1) is 19.8. The normalized spacial score (nSPS) is 44.6. The number of aliphatic hydroxyl groups is 1. The smallest absolute Gasteiger partial charge is 0.293 e. The molecule has 7 aliphatic rings. The van der Waals surface area contributed by atoms with Crippen LogP contribution in [0.5, 0.6) is 11.5 Å². The van der Waals surface area contributed by atoms with Gasteiger partial charge in [-0.05, 0) is 81.4 Å². The van der Waals surface area contributed by atoms with Gasteiger partial charge in [-0.1, -0.05) is 26.8 Å². The third kappa shape index (κ3) is 2.25. The molecule has 5 nitrogen and oxygen atoms in total. The number of benzene rings is 1. The topological polar surface area (TPSA) is 62.2 Å². The van der Waals surface area contributed by atoms with Gasteiger partial charge in [0.1, 0.15) is 11.7 Å². The van der Waals surface area contributed by atoms with Crippen LogP contribution in [0.4, 0.5) is 0 Å². The van der Waals surface area contributed by atoms with Crippen LogP contribution in [0.15, 0.2) is 12.1 Å². The molecule has 7 atom stereocenters. The van der Waals surface area contributed by atoms with E-state index in [1.807, 2.05) is 13.2 Å². The maximum Gasteiger partial charge on any atom is 0.293 e. The van der Waals surface area contributed by atoms with Crippen molar-refractivity contribution >= 4 is 0 Å². The number of aromatic hydroxyl groups is 1. The number of piperidine rings is 1. The average molecular weight is 470 g/mol. The van der Waals surface area contributed by atoms with Crippen LogP contribution >= 0.6 is 0 Å². The van der Waals surface area contributed by atoms with Gasteiger partial charge in [0.25, 0.3) is 1.43 Å². The predicted octanol–water partition coefficient (Wildman–Crippen LogP) is 4.41. The van der Waals surface area contributed by atoms with Crippen LogP contribution in [0.3, 0.4) is 0 Å². The van der Waals surface area contributed by atoms with Crippen molar-refractivity contribution in [1.29, 1.82) is 2.86 Å². The average Bonchev–Trinajstić information content (AvgIpc) is 3.61. The summed E-state index contributed by atoms with van der Waals surface area (Å²) >= 11 is 0. The summed E-state index contributed by atoms with van der Waals surface area (Å²) in [5.74, 6) is 2.15. The van der Waals surface area contributed by atoms with Crippen molar-refractivity contribution in [2.24, 2.45) is 22.7 Å². The van der Waals surface area contributed by atoms with E-state index in [9.17, 15) is 0 Å². The van der Waals surface area contributed by atoms with Crippen molar-refractivity contribution in [3.63, 3.8) is 0 Å². The SMILES string of the molecule is [2H]Oc1ccc2c3c1O[C@H]1[C@@]4(OC)CC[C@@]5(C[C@@H]4[C@](C)(O[2H])C(C)(C)C)[C@@H](C2)N(CC2CC2)CC[C@]315. The molecular formula is C29H41NO4. The Kier molecular flexibility index (Phi) is 3.69. The number of phenols is 1. The molecule has 34 heavy (non-hydrogen) atoms. The van der Waals surface area contributed by atoms with Crippen molar-refractivity contribution in [3.8, 4) is 11.5 Å². The summed E-state index contributed by atoms with van der Waals surface area (Å²) in [7, 11) is 1.84. The van der Waals surface area contributed by atoms with E-state index in [1.54, 1.807) is 0 Å². The van der Waals surface area contributed by atoms with E-state index >= 15 is 0 Å². The number of methoxy groups -OCH3 is 1. The second kappa shape index (κ2) is 6.33. The highest BCUT2D eigenvalue weighted by Gasteiger charge is 2.82. The fourth-order valence-electron chi connectivity index (χ4n) is 9.56. The van der Waals surface area contributed by atoms with Crippen molar-refractivity contribution in [1.82, 2.24) is 4.90 Å². The molecule has 5 heteroatoms. The van der Waals surface area contributed by atoms with Crippen LogP contribution in [0.25, 0.3) is 0 Å². The lowest BCUT2D eigenvalue weighted by Gasteiger charge is -2.75. The van der Waals surface area contributed by atoms with Crippen molar-refractivity contribution in [2.45, 2.75) is 101 Å². The maximum absolute atomic E-state index is 8.35. The summed E-state index contributed by atoms with van der Waals surface area (Å²) in [6.45, 7) is 11.0. The standard InChI is InChI=1S/C29H41NO4/c1-25(2,3)26(4,32)20-15-27-10-11-29(20,33-5)24-28(27)12-13-30(16-17-6-7-17)21(27)14-18-8-9-19(31)23(34-24)22(18)28/h8-9,17,20-21,24,31-32H,6-7,10-16H2,1-5H3/t20-,21-,24-,26+,27-,28+,29-/m1/s1/i32D/hD. The number of fused-ring (bicyclic) bond motifs is 2. The molecule has 1 aromatic carbocycles. The van der Waals surface area contributed by atoms with Crippen molar-refractivity contribution < 1.29 is 19.7 Å². The third-order valence-corrected chi connectivity index (χ3v) is 11.8. The molecule has 0 unspecified atom stereocenters. The summed E-state index contributed by atoms with van der Waals surface area (Å²) in [6.07, 6.45) is 7.61. The lowest BCUT2D eigenvalue weighted by atomic mass is 9.33. The first-order valence-corrected chi connectivity index (χ1v) is 13.5. The van der Waals surface area contributed by atoms with Gasteiger partial charge in [0.2, 0.25) is 1.43 Å². The van der Waals surface area contributed by atoms with Crippen LogP contribution in [0.2, 0.25) is 0 Å². The Hall–Kier alpha value is -1.30. The maximum atomic E-state index is 8.35. The molecule has 2 aliphatic heterocycles. The highest BCUT2D eigenvalue weighted by atomic mass is 16.6. The molecule has 5 aliphatic carbocycles. The zero-order valence-corrected chi connectivity index (χ0v) is 21.4. The number of phenolic OH excluding ortho intramolecular Hbond substituents is 1. The van der Waals surface area contributed by atoms with Crippen LogP contribution in [-0.4, -0.2) is 61.5 Å². The van der Waals surface area contributed by atoms with Gasteiger partial charge in [0, 0.05) is 42.0 Å². The third-order valence-electron chi connectivity index (χ3n) is 11.8. The van der Waals surface area contributed by atoms with Crippen molar-refractivity contribution in [3.05, 3.63) is 23.3 Å². The van der Waals surface area contributed by atoms with Crippen LogP contribution in [-0.2, 0) is 16.6 Å². The molecule has 0 amide bonds. The number of hydrogen-bond acceptors (Lipinski definition) is 5. The Morgan fingerprint density at radius 3 is 2.71 bits per heavy atom. The van der Waals surface area contributed by atoms with Crippen molar-refractivity contribution in [2.75, 3.05) is 20.2 Å². The Morgan fingerprint density at radius 1 is 1.21 bits per heavy atom. The second-order valence-electron chi connectivity index (χ2n) is 13.7. The van der Waals surface area contributed by atoms with E-state index in [4.69, 9.17) is 22.6 Å². The van der Waals surface area contributed by atoms with E-state index in [2.05, 4.69) is 38.7 Å². The summed E-state index contributed by atoms with van der Waals surface area (Å²) in [6, 6.07) is 4.58. The first-order valence-electron chi connectivity index (χ1n) is 14.3. The minimum Gasteiger partial charge on any atom is -0.504 e. The zero-order valence-electron chi connectivity index (χ0n) is 23.4. The second-order valence-corrected chi connectivity index (χ2v) is 13.7. The lowest BCUT2D eigenvalue weighted by Crippen LogP contribution is -2.83. The molecule has 4 saturated carbocycles. The Balaban J connectivity index is 1.48. The number of rotatable bonds is 6. The molecule has 186 valence electrons. The molecule has 2 N–H and O–H groups in total. The minimum atomic E-state index is -0.708. The van der Waals surface area contributed by atoms with E-state index in [0.717, 1.165) is 50.3 Å². The van der Waals surface area contributed by atoms with Gasteiger partial charge in [0.05, 0.1) is 5.60 Å². The van der Waals surface area contributed by atoms with E-state index in [0.29, 0.717) is 11.8 Å². The van der Waals surface area contributed by atoms with Gasteiger partial charge < -0.3 is 19.7 Å². The van der Waals surface area contributed by atoms with Crippen LogP contribution < -0.4 is 4.74 Å². The summed E-state index contributed by atoms with van der Waals surface area (Å²) in [4.78, 5) is 2.83. The van der Waals surface area contributed by atoms with Gasteiger partial charge in [-0.15, -0.1) is 0 Å². The highest BCUT2D eigenvalue weighted by molar-refractivity contribution is 5.63. The van der Waals surface area contributed by atoms with E-state index in [1.165, 1.54) is 30.5 Å². The van der Waals surface area contributed by atoms with Gasteiger partial charge in [0.15, 0.2) is 11.5 Å². The summed E-state index contributed by atoms with van der Waals surface area (Å²) in [5.41, 5.74) is 1.02. The summed E-state index contributed by atoms with van der Waals surface area (Å²) < 4.78 is 29.8. The van der Waals surface area contributed by atoms with Gasteiger partial charge in [-0.25, -0.2) is 0 Å². The molecular weight excluding hydrogens is 426 g/mol. The molecule has 1 saturated heterocycles. The first-order chi connectivity index (χ1) is 17.1. The quantitative estimate of drug-likeness (QED) is 0.646. The highest BCUT2D eigenvalue weighted by Crippen LogP contribution is 2.78.